The van der Waals surface area contributed by atoms with E-state index < -0.39 is 9.84 Å². The molecule has 1 saturated heterocycles. The lowest BCUT2D eigenvalue weighted by molar-refractivity contribution is 0.365. The first-order valence-electron chi connectivity index (χ1n) is 5.21. The van der Waals surface area contributed by atoms with Gasteiger partial charge in [-0.15, -0.1) is 0 Å². The van der Waals surface area contributed by atoms with Gasteiger partial charge in [0.2, 0.25) is 0 Å². The molecule has 14 heavy (non-hydrogen) atoms. The lowest BCUT2D eigenvalue weighted by Gasteiger charge is -2.27. The van der Waals surface area contributed by atoms with E-state index in [0.717, 1.165) is 12.5 Å². The summed E-state index contributed by atoms with van der Waals surface area (Å²) in [5.41, 5.74) is 5.35. The molecule has 1 atom stereocenters. The Kier molecular flexibility index (Phi) is 2.57. The van der Waals surface area contributed by atoms with Crippen LogP contribution in [0.1, 0.15) is 19.3 Å². The molecule has 1 unspecified atom stereocenters. The zero-order valence-electron chi connectivity index (χ0n) is 8.33. The predicted molar refractivity (Wildman–Crippen MR) is 55.8 cm³/mol. The molecule has 2 fully saturated rings. The van der Waals surface area contributed by atoms with Crippen LogP contribution in [0.3, 0.4) is 0 Å². The smallest absolute Gasteiger partial charge is 0.152 e. The summed E-state index contributed by atoms with van der Waals surface area (Å²) >= 11 is 0. The monoisotopic (exact) mass is 218 g/mol. The molecule has 5 heteroatoms. The van der Waals surface area contributed by atoms with Crippen LogP contribution in [-0.2, 0) is 9.84 Å². The molecule has 82 valence electrons. The van der Waals surface area contributed by atoms with Crippen molar-refractivity contribution in [2.45, 2.75) is 24.8 Å². The fraction of sp³-hybridized carbons (Fsp3) is 1.00. The third kappa shape index (κ3) is 2.27. The molecule has 0 spiro atoms. The summed E-state index contributed by atoms with van der Waals surface area (Å²) in [6, 6.07) is 0. The van der Waals surface area contributed by atoms with Crippen molar-refractivity contribution in [1.82, 2.24) is 5.32 Å². The van der Waals surface area contributed by atoms with Gasteiger partial charge in [-0.3, -0.25) is 0 Å². The highest BCUT2D eigenvalue weighted by molar-refractivity contribution is 7.91. The summed E-state index contributed by atoms with van der Waals surface area (Å²) in [6.45, 7) is 1.37. The van der Waals surface area contributed by atoms with Gasteiger partial charge in [-0.05, 0) is 31.7 Å². The number of nitrogens with one attached hydrogen (secondary N) is 1. The molecule has 4 nitrogen and oxygen atoms in total. The van der Waals surface area contributed by atoms with Crippen molar-refractivity contribution >= 4 is 9.84 Å². The van der Waals surface area contributed by atoms with Crippen molar-refractivity contribution < 1.29 is 8.42 Å². The first kappa shape index (κ1) is 10.4. The van der Waals surface area contributed by atoms with Crippen molar-refractivity contribution in [2.24, 2.45) is 11.7 Å². The third-order valence-electron chi connectivity index (χ3n) is 3.24. The Morgan fingerprint density at radius 3 is 2.57 bits per heavy atom. The van der Waals surface area contributed by atoms with Crippen LogP contribution < -0.4 is 11.1 Å². The van der Waals surface area contributed by atoms with E-state index in [1.54, 1.807) is 0 Å². The molecule has 1 aliphatic carbocycles. The minimum absolute atomic E-state index is 0.225. The normalized spacial score (nSPS) is 36.1. The Bertz CT molecular complexity index is 311. The van der Waals surface area contributed by atoms with E-state index in [-0.39, 0.29) is 11.3 Å². The number of nitrogens with two attached hydrogens (primary N) is 1. The van der Waals surface area contributed by atoms with Gasteiger partial charge >= 0.3 is 0 Å². The first-order valence-corrected chi connectivity index (χ1v) is 7.03. The van der Waals surface area contributed by atoms with Gasteiger partial charge in [-0.1, -0.05) is 0 Å². The van der Waals surface area contributed by atoms with Crippen molar-refractivity contribution in [3.8, 4) is 0 Å². The maximum absolute atomic E-state index is 11.4. The van der Waals surface area contributed by atoms with Crippen LogP contribution in [0.4, 0.5) is 0 Å². The fourth-order valence-corrected chi connectivity index (χ4v) is 4.02. The Balaban J connectivity index is 1.95. The average molecular weight is 218 g/mol. The second kappa shape index (κ2) is 3.47. The maximum Gasteiger partial charge on any atom is 0.152 e. The van der Waals surface area contributed by atoms with Crippen molar-refractivity contribution in [2.75, 3.05) is 24.6 Å². The summed E-state index contributed by atoms with van der Waals surface area (Å²) in [5, 5.41) is 3.36. The van der Waals surface area contributed by atoms with E-state index >= 15 is 0 Å². The second-order valence-corrected chi connectivity index (χ2v) is 6.83. The molecular weight excluding hydrogens is 200 g/mol. The number of sulfone groups is 1. The van der Waals surface area contributed by atoms with Crippen molar-refractivity contribution in [3.05, 3.63) is 0 Å². The molecule has 0 aromatic heterocycles. The molecule has 2 aliphatic rings. The van der Waals surface area contributed by atoms with Gasteiger partial charge in [-0.2, -0.15) is 0 Å². The highest BCUT2D eigenvalue weighted by atomic mass is 32.2. The van der Waals surface area contributed by atoms with Crippen molar-refractivity contribution in [3.63, 3.8) is 0 Å². The number of hydrogen-bond acceptors (Lipinski definition) is 4. The summed E-state index contributed by atoms with van der Waals surface area (Å²) in [4.78, 5) is 0. The Labute approximate surface area is 85.2 Å². The van der Waals surface area contributed by atoms with Gasteiger partial charge in [0, 0.05) is 12.1 Å². The highest BCUT2D eigenvalue weighted by Gasteiger charge is 2.41. The molecule has 1 saturated carbocycles. The molecule has 1 aliphatic heterocycles. The van der Waals surface area contributed by atoms with Crippen LogP contribution in [0.25, 0.3) is 0 Å². The van der Waals surface area contributed by atoms with Gasteiger partial charge in [0.25, 0.3) is 0 Å². The van der Waals surface area contributed by atoms with Gasteiger partial charge in [-0.25, -0.2) is 8.42 Å². The average Bonchev–Trinajstić information content (AvgIpc) is 2.89. The van der Waals surface area contributed by atoms with Gasteiger partial charge in [0.1, 0.15) is 0 Å². The minimum Gasteiger partial charge on any atom is -0.329 e. The molecule has 0 bridgehead atoms. The summed E-state index contributed by atoms with van der Waals surface area (Å²) in [7, 11) is -2.84. The third-order valence-corrected chi connectivity index (χ3v) is 5.06. The van der Waals surface area contributed by atoms with E-state index in [0.29, 0.717) is 18.7 Å². The molecule has 0 aromatic rings. The highest BCUT2D eigenvalue weighted by Crippen LogP contribution is 2.30. The molecule has 2 rings (SSSR count). The lowest BCUT2D eigenvalue weighted by atomic mass is 9.99. The summed E-state index contributed by atoms with van der Waals surface area (Å²) in [5.74, 6) is 1.28. The van der Waals surface area contributed by atoms with Gasteiger partial charge in [0.05, 0.1) is 11.5 Å². The maximum atomic E-state index is 11.4. The largest absolute Gasteiger partial charge is 0.329 e. The fourth-order valence-electron chi connectivity index (χ4n) is 1.97. The SMILES string of the molecule is NCC1(NCC2CC2)CCS(=O)(=O)C1. The van der Waals surface area contributed by atoms with Gasteiger partial charge < -0.3 is 11.1 Å². The van der Waals surface area contributed by atoms with Gasteiger partial charge in [0.15, 0.2) is 9.84 Å². The zero-order valence-corrected chi connectivity index (χ0v) is 9.15. The first-order chi connectivity index (χ1) is 6.55. The second-order valence-electron chi connectivity index (χ2n) is 4.65. The molecule has 0 radical (unpaired) electrons. The Morgan fingerprint density at radius 2 is 2.14 bits per heavy atom. The molecule has 3 N–H and O–H groups in total. The van der Waals surface area contributed by atoms with Crippen LogP contribution in [-0.4, -0.2) is 38.6 Å². The zero-order chi connectivity index (χ0) is 10.2. The van der Waals surface area contributed by atoms with Crippen LogP contribution in [0.2, 0.25) is 0 Å². The molecule has 0 aromatic carbocycles. The van der Waals surface area contributed by atoms with Crippen LogP contribution >= 0.6 is 0 Å². The van der Waals surface area contributed by atoms with Crippen LogP contribution in [0, 0.1) is 5.92 Å². The standard InChI is InChI=1S/C9H18N2O2S/c10-6-9(11-5-8-1-2-8)3-4-14(12,13)7-9/h8,11H,1-7,10H2. The summed E-state index contributed by atoms with van der Waals surface area (Å²) < 4.78 is 22.7. The van der Waals surface area contributed by atoms with E-state index in [1.807, 2.05) is 0 Å². The Hall–Kier alpha value is -0.130. The van der Waals surface area contributed by atoms with E-state index in [9.17, 15) is 8.42 Å². The minimum atomic E-state index is -2.84. The molecule has 1 heterocycles. The Morgan fingerprint density at radius 1 is 1.43 bits per heavy atom. The number of rotatable bonds is 4. The molecule has 0 amide bonds. The van der Waals surface area contributed by atoms with E-state index in [1.165, 1.54) is 12.8 Å². The molecular formula is C9H18N2O2S. The van der Waals surface area contributed by atoms with E-state index in [4.69, 9.17) is 5.73 Å². The lowest BCUT2D eigenvalue weighted by Crippen LogP contribution is -2.52. The van der Waals surface area contributed by atoms with Crippen molar-refractivity contribution in [1.29, 1.82) is 0 Å². The number of hydrogen-bond donors (Lipinski definition) is 2. The van der Waals surface area contributed by atoms with Crippen LogP contribution in [0.5, 0.6) is 0 Å². The topological polar surface area (TPSA) is 72.2 Å². The van der Waals surface area contributed by atoms with E-state index in [2.05, 4.69) is 5.32 Å². The summed E-state index contributed by atoms with van der Waals surface area (Å²) in [6.07, 6.45) is 3.24. The van der Waals surface area contributed by atoms with Crippen LogP contribution in [0.15, 0.2) is 0 Å². The predicted octanol–water partition coefficient (Wildman–Crippen LogP) is -0.498. The quantitative estimate of drug-likeness (QED) is 0.667.